The van der Waals surface area contributed by atoms with Crippen LogP contribution in [0.4, 0.5) is 0 Å². The number of ketones is 1. The van der Waals surface area contributed by atoms with Crippen LogP contribution < -0.4 is 0 Å². The van der Waals surface area contributed by atoms with E-state index in [2.05, 4.69) is 17.9 Å². The molecule has 1 rings (SSSR count). The summed E-state index contributed by atoms with van der Waals surface area (Å²) in [6.07, 6.45) is 2.60. The molecular weight excluding hydrogens is 238 g/mol. The molecule has 0 bridgehead atoms. The fourth-order valence-electron chi connectivity index (χ4n) is 1.58. The highest BCUT2D eigenvalue weighted by atomic mass is 16.2. The zero-order valence-corrected chi connectivity index (χ0v) is 11.7. The summed E-state index contributed by atoms with van der Waals surface area (Å²) in [5.41, 5.74) is 3.19. The number of benzene rings is 1. The van der Waals surface area contributed by atoms with Gasteiger partial charge in [-0.05, 0) is 49.3 Å². The van der Waals surface area contributed by atoms with Crippen LogP contribution in [0.1, 0.15) is 16.7 Å². The Bertz CT molecular complexity index is 566. The Kier molecular flexibility index (Phi) is 5.08. The molecule has 1 aromatic rings. The molecule has 0 atom stereocenters. The van der Waals surface area contributed by atoms with E-state index in [0.29, 0.717) is 0 Å². The van der Waals surface area contributed by atoms with Crippen LogP contribution in [0.25, 0.3) is 0 Å². The van der Waals surface area contributed by atoms with Crippen LogP contribution in [0.15, 0.2) is 30.4 Å². The van der Waals surface area contributed by atoms with Crippen molar-refractivity contribution in [1.82, 2.24) is 4.90 Å². The maximum atomic E-state index is 11.4. The minimum atomic E-state index is -0.570. The molecule has 0 aliphatic rings. The highest BCUT2D eigenvalue weighted by Crippen LogP contribution is 2.07. The quantitative estimate of drug-likeness (QED) is 0.459. The second kappa shape index (κ2) is 6.55. The summed E-state index contributed by atoms with van der Waals surface area (Å²) in [5, 5.41) is 0. The molecule has 0 aliphatic heterocycles. The van der Waals surface area contributed by atoms with Crippen molar-refractivity contribution in [2.24, 2.45) is 0 Å². The number of carbonyl (C=O) groups is 2. The Labute approximate surface area is 113 Å². The van der Waals surface area contributed by atoms with Crippen LogP contribution >= 0.6 is 0 Å². The summed E-state index contributed by atoms with van der Waals surface area (Å²) in [4.78, 5) is 23.9. The van der Waals surface area contributed by atoms with Crippen molar-refractivity contribution in [3.8, 4) is 11.8 Å². The van der Waals surface area contributed by atoms with Gasteiger partial charge in [-0.15, -0.1) is 0 Å². The average Bonchev–Trinajstić information content (AvgIpc) is 2.32. The Morgan fingerprint density at radius 3 is 2.21 bits per heavy atom. The minimum absolute atomic E-state index is 0.551. The molecule has 98 valence electrons. The largest absolute Gasteiger partial charge is 0.342 e. The summed E-state index contributed by atoms with van der Waals surface area (Å²) in [6.45, 7) is 4.01. The second-order valence-corrected chi connectivity index (χ2v) is 4.54. The van der Waals surface area contributed by atoms with Gasteiger partial charge >= 0.3 is 0 Å². The predicted octanol–water partition coefficient (Wildman–Crippen LogP) is 1.87. The maximum absolute atomic E-state index is 11.4. The van der Waals surface area contributed by atoms with E-state index in [1.54, 1.807) is 0 Å². The van der Waals surface area contributed by atoms with Crippen molar-refractivity contribution in [3.63, 3.8) is 0 Å². The number of likely N-dealkylation sites (N-methyl/N-ethyl adjacent to an activating group) is 1. The number of aryl methyl sites for hydroxylation is 2. The molecule has 0 heterocycles. The third kappa shape index (κ3) is 4.81. The van der Waals surface area contributed by atoms with Gasteiger partial charge in [0.1, 0.15) is 0 Å². The van der Waals surface area contributed by atoms with Crippen LogP contribution in [0.2, 0.25) is 0 Å². The van der Waals surface area contributed by atoms with Crippen molar-refractivity contribution < 1.29 is 9.59 Å². The van der Waals surface area contributed by atoms with E-state index in [0.717, 1.165) is 16.7 Å². The lowest BCUT2D eigenvalue weighted by molar-refractivity contribution is -0.140. The molecule has 0 fully saturated rings. The fourth-order valence-corrected chi connectivity index (χ4v) is 1.58. The van der Waals surface area contributed by atoms with E-state index in [4.69, 9.17) is 0 Å². The molecule has 3 nitrogen and oxygen atoms in total. The monoisotopic (exact) mass is 255 g/mol. The van der Waals surface area contributed by atoms with E-state index in [-0.39, 0.29) is 0 Å². The molecule has 0 saturated heterocycles. The Morgan fingerprint density at radius 1 is 1.11 bits per heavy atom. The first-order chi connectivity index (χ1) is 8.90. The highest BCUT2D eigenvalue weighted by Gasteiger charge is 2.10. The third-order valence-electron chi connectivity index (χ3n) is 2.37. The van der Waals surface area contributed by atoms with E-state index < -0.39 is 11.7 Å². The number of nitrogens with zero attached hydrogens (tertiary/aromatic N) is 1. The smallest absolute Gasteiger partial charge is 0.293 e. The van der Waals surface area contributed by atoms with Crippen molar-refractivity contribution in [2.45, 2.75) is 13.8 Å². The molecule has 19 heavy (non-hydrogen) atoms. The molecule has 0 aliphatic carbocycles. The molecular formula is C16H17NO2. The Balaban J connectivity index is 2.75. The number of hydrogen-bond donors (Lipinski definition) is 0. The number of rotatable bonds is 2. The zero-order valence-electron chi connectivity index (χ0n) is 11.7. The van der Waals surface area contributed by atoms with Gasteiger partial charge in [-0.2, -0.15) is 0 Å². The number of allylic oxidation sites excluding steroid dienone is 1. The van der Waals surface area contributed by atoms with Crippen LogP contribution in [0.3, 0.4) is 0 Å². The first kappa shape index (κ1) is 14.7. The van der Waals surface area contributed by atoms with Gasteiger partial charge in [-0.3, -0.25) is 9.59 Å². The van der Waals surface area contributed by atoms with E-state index in [1.807, 2.05) is 26.0 Å². The summed E-state index contributed by atoms with van der Waals surface area (Å²) < 4.78 is 0. The summed E-state index contributed by atoms with van der Waals surface area (Å²) in [7, 11) is 3.07. The molecule has 3 heteroatoms. The topological polar surface area (TPSA) is 37.4 Å². The van der Waals surface area contributed by atoms with E-state index >= 15 is 0 Å². The summed E-state index contributed by atoms with van der Waals surface area (Å²) >= 11 is 0. The molecule has 0 saturated carbocycles. The van der Waals surface area contributed by atoms with Gasteiger partial charge in [0.25, 0.3) is 5.91 Å². The van der Waals surface area contributed by atoms with Gasteiger partial charge < -0.3 is 4.90 Å². The fraction of sp³-hybridized carbons (Fsp3) is 0.250. The summed E-state index contributed by atoms with van der Waals surface area (Å²) in [6, 6.07) is 6.02. The first-order valence-electron chi connectivity index (χ1n) is 5.92. The zero-order chi connectivity index (χ0) is 14.4. The van der Waals surface area contributed by atoms with Gasteiger partial charge in [0, 0.05) is 19.7 Å². The van der Waals surface area contributed by atoms with Crippen LogP contribution in [-0.4, -0.2) is 30.7 Å². The standard InChI is InChI=1S/C16H17NO2/c1-12-9-13(2)11-14(10-12)7-5-6-8-15(18)16(19)17(3)4/h6,8-11H,1-4H3/b8-6+. The molecule has 0 N–H and O–H groups in total. The molecule has 1 amide bonds. The number of amides is 1. The SMILES string of the molecule is Cc1cc(C)cc(C#C/C=C/C(=O)C(=O)N(C)C)c1. The Morgan fingerprint density at radius 2 is 1.68 bits per heavy atom. The third-order valence-corrected chi connectivity index (χ3v) is 2.37. The molecule has 0 spiro atoms. The molecule has 1 aromatic carbocycles. The predicted molar refractivity (Wildman–Crippen MR) is 75.6 cm³/mol. The van der Waals surface area contributed by atoms with Crippen LogP contribution in [0.5, 0.6) is 0 Å². The van der Waals surface area contributed by atoms with Gasteiger partial charge in [0.15, 0.2) is 0 Å². The Hall–Kier alpha value is -2.34. The highest BCUT2D eigenvalue weighted by molar-refractivity contribution is 6.40. The van der Waals surface area contributed by atoms with E-state index in [1.165, 1.54) is 31.1 Å². The average molecular weight is 255 g/mol. The van der Waals surface area contributed by atoms with Crippen molar-refractivity contribution >= 4 is 11.7 Å². The lowest BCUT2D eigenvalue weighted by atomic mass is 10.1. The first-order valence-corrected chi connectivity index (χ1v) is 5.92. The second-order valence-electron chi connectivity index (χ2n) is 4.54. The van der Waals surface area contributed by atoms with Crippen molar-refractivity contribution in [3.05, 3.63) is 47.0 Å². The van der Waals surface area contributed by atoms with Crippen molar-refractivity contribution in [1.29, 1.82) is 0 Å². The molecule has 0 aromatic heterocycles. The minimum Gasteiger partial charge on any atom is -0.342 e. The van der Waals surface area contributed by atoms with Gasteiger partial charge in [0.05, 0.1) is 0 Å². The number of carbonyl (C=O) groups excluding carboxylic acids is 2. The van der Waals surface area contributed by atoms with E-state index in [9.17, 15) is 9.59 Å². The molecule has 0 unspecified atom stereocenters. The van der Waals surface area contributed by atoms with Crippen molar-refractivity contribution in [2.75, 3.05) is 14.1 Å². The lowest BCUT2D eigenvalue weighted by Gasteiger charge is -2.05. The number of hydrogen-bond acceptors (Lipinski definition) is 2. The normalized spacial score (nSPS) is 9.89. The summed E-state index contributed by atoms with van der Waals surface area (Å²) in [5.74, 6) is 4.57. The maximum Gasteiger partial charge on any atom is 0.293 e. The van der Waals surface area contributed by atoms with Gasteiger partial charge in [-0.25, -0.2) is 0 Å². The van der Waals surface area contributed by atoms with Gasteiger partial charge in [0.2, 0.25) is 5.78 Å². The van der Waals surface area contributed by atoms with Gasteiger partial charge in [-0.1, -0.05) is 17.9 Å². The van der Waals surface area contributed by atoms with Crippen LogP contribution in [0, 0.1) is 25.7 Å². The molecule has 0 radical (unpaired) electrons. The van der Waals surface area contributed by atoms with Crippen LogP contribution in [-0.2, 0) is 9.59 Å². The lowest BCUT2D eigenvalue weighted by Crippen LogP contribution is -2.28.